The topological polar surface area (TPSA) is 64.8 Å². The highest BCUT2D eigenvalue weighted by molar-refractivity contribution is 7.84. The average Bonchev–Trinajstić information content (AvgIpc) is 2.46. The average molecular weight is 342 g/mol. The fourth-order valence-corrected chi connectivity index (χ4v) is 3.62. The molecule has 2 rings (SSSR count). The van der Waals surface area contributed by atoms with Crippen molar-refractivity contribution in [2.45, 2.75) is 25.2 Å². The van der Waals surface area contributed by atoms with Crippen LogP contribution in [0.1, 0.15) is 29.8 Å². The third kappa shape index (κ3) is 2.80. The summed E-state index contributed by atoms with van der Waals surface area (Å²) in [5.74, 6) is -0.753. The second kappa shape index (κ2) is 6.62. The van der Waals surface area contributed by atoms with Crippen LogP contribution in [-0.2, 0) is 22.0 Å². The second-order valence-corrected chi connectivity index (χ2v) is 6.37. The SMILES string of the molecule is CCOC(=O)c1c(S(C)=O)c(CC)c2cc(Cl)ccn2c1=O. The van der Waals surface area contributed by atoms with Crippen molar-refractivity contribution in [3.63, 3.8) is 0 Å². The summed E-state index contributed by atoms with van der Waals surface area (Å²) in [4.78, 5) is 25.0. The van der Waals surface area contributed by atoms with Crippen molar-refractivity contribution >= 4 is 33.9 Å². The van der Waals surface area contributed by atoms with Gasteiger partial charge in [-0.3, -0.25) is 13.4 Å². The van der Waals surface area contributed by atoms with Crippen molar-refractivity contribution in [3.8, 4) is 0 Å². The molecule has 2 heterocycles. The number of rotatable bonds is 4. The monoisotopic (exact) mass is 341 g/mol. The van der Waals surface area contributed by atoms with E-state index in [2.05, 4.69) is 0 Å². The first kappa shape index (κ1) is 16.7. The minimum atomic E-state index is -1.51. The molecular weight excluding hydrogens is 326 g/mol. The molecule has 0 saturated carbocycles. The molecule has 0 amide bonds. The number of carbonyl (C=O) groups excluding carboxylic acids is 1. The van der Waals surface area contributed by atoms with Gasteiger partial charge in [0.2, 0.25) is 0 Å². The Kier molecular flexibility index (Phi) is 5.03. The lowest BCUT2D eigenvalue weighted by Gasteiger charge is -2.15. The Bertz CT molecular complexity index is 828. The number of aryl methyl sites for hydroxylation is 1. The van der Waals surface area contributed by atoms with E-state index in [-0.39, 0.29) is 17.1 Å². The van der Waals surface area contributed by atoms with Crippen LogP contribution in [-0.4, -0.2) is 27.4 Å². The standard InChI is InChI=1S/C15H16ClNO4S/c1-4-10-11-8-9(16)6-7-17(11)14(18)12(13(10)22(3)20)15(19)21-5-2/h6-8H,4-5H2,1-3H3. The number of esters is 1. The molecule has 118 valence electrons. The molecule has 0 bridgehead atoms. The van der Waals surface area contributed by atoms with Gasteiger partial charge >= 0.3 is 5.97 Å². The predicted molar refractivity (Wildman–Crippen MR) is 86.3 cm³/mol. The highest BCUT2D eigenvalue weighted by Gasteiger charge is 2.25. The van der Waals surface area contributed by atoms with Gasteiger partial charge in [-0.25, -0.2) is 4.79 Å². The van der Waals surface area contributed by atoms with Crippen molar-refractivity contribution in [1.29, 1.82) is 0 Å². The van der Waals surface area contributed by atoms with Crippen molar-refractivity contribution in [3.05, 3.63) is 44.8 Å². The normalized spacial score (nSPS) is 12.4. The molecule has 0 aliphatic rings. The molecule has 1 atom stereocenters. The number of halogens is 1. The van der Waals surface area contributed by atoms with Crippen LogP contribution in [0.2, 0.25) is 5.02 Å². The molecule has 0 aliphatic carbocycles. The smallest absolute Gasteiger partial charge is 0.345 e. The van der Waals surface area contributed by atoms with E-state index in [9.17, 15) is 13.8 Å². The molecule has 0 N–H and O–H groups in total. The molecule has 0 spiro atoms. The van der Waals surface area contributed by atoms with Crippen LogP contribution < -0.4 is 5.56 Å². The fraction of sp³-hybridized carbons (Fsp3) is 0.333. The highest BCUT2D eigenvalue weighted by atomic mass is 35.5. The zero-order chi connectivity index (χ0) is 16.4. The lowest BCUT2D eigenvalue weighted by Crippen LogP contribution is -2.27. The van der Waals surface area contributed by atoms with Gasteiger partial charge < -0.3 is 4.74 Å². The van der Waals surface area contributed by atoms with Gasteiger partial charge in [-0.1, -0.05) is 18.5 Å². The van der Waals surface area contributed by atoms with E-state index in [1.54, 1.807) is 19.1 Å². The van der Waals surface area contributed by atoms with E-state index >= 15 is 0 Å². The molecule has 0 saturated heterocycles. The van der Waals surface area contributed by atoms with Gasteiger partial charge in [0.05, 0.1) is 27.8 Å². The number of pyridine rings is 2. The van der Waals surface area contributed by atoms with E-state index in [4.69, 9.17) is 16.3 Å². The minimum Gasteiger partial charge on any atom is -0.462 e. The molecule has 7 heteroatoms. The summed E-state index contributed by atoms with van der Waals surface area (Å²) >= 11 is 6.00. The van der Waals surface area contributed by atoms with E-state index in [1.165, 1.54) is 16.9 Å². The molecule has 2 aromatic rings. The van der Waals surface area contributed by atoms with Crippen molar-refractivity contribution in [1.82, 2.24) is 4.40 Å². The van der Waals surface area contributed by atoms with E-state index in [1.807, 2.05) is 6.92 Å². The fourth-order valence-electron chi connectivity index (χ4n) is 2.41. The third-order valence-electron chi connectivity index (χ3n) is 3.28. The lowest BCUT2D eigenvalue weighted by molar-refractivity contribution is 0.0519. The molecule has 1 unspecified atom stereocenters. The highest BCUT2D eigenvalue weighted by Crippen LogP contribution is 2.24. The van der Waals surface area contributed by atoms with Gasteiger partial charge in [-0.05, 0) is 31.0 Å². The summed E-state index contributed by atoms with van der Waals surface area (Å²) in [6, 6.07) is 3.19. The maximum absolute atomic E-state index is 12.6. The molecule has 0 fully saturated rings. The van der Waals surface area contributed by atoms with Gasteiger partial charge in [0.25, 0.3) is 5.56 Å². The summed E-state index contributed by atoms with van der Waals surface area (Å²) in [6.45, 7) is 3.66. The second-order valence-electron chi connectivity index (χ2n) is 4.62. The van der Waals surface area contributed by atoms with Crippen LogP contribution in [0.15, 0.2) is 28.0 Å². The van der Waals surface area contributed by atoms with Gasteiger partial charge in [0, 0.05) is 17.5 Å². The maximum Gasteiger partial charge on any atom is 0.345 e. The van der Waals surface area contributed by atoms with Gasteiger partial charge in [0.1, 0.15) is 5.56 Å². The number of ether oxygens (including phenoxy) is 1. The van der Waals surface area contributed by atoms with Crippen molar-refractivity contribution in [2.75, 3.05) is 12.9 Å². The van der Waals surface area contributed by atoms with Crippen LogP contribution in [0.5, 0.6) is 0 Å². The number of fused-ring (bicyclic) bond motifs is 1. The Morgan fingerprint density at radius 3 is 2.64 bits per heavy atom. The van der Waals surface area contributed by atoms with Crippen molar-refractivity contribution < 1.29 is 13.7 Å². The Balaban J connectivity index is 3.01. The number of aromatic nitrogens is 1. The Labute approximate surface area is 135 Å². The van der Waals surface area contributed by atoms with Crippen LogP contribution in [0.4, 0.5) is 0 Å². The third-order valence-corrected chi connectivity index (χ3v) is 4.54. The Morgan fingerprint density at radius 1 is 1.41 bits per heavy atom. The minimum absolute atomic E-state index is 0.138. The number of carbonyl (C=O) groups is 1. The van der Waals surface area contributed by atoms with Gasteiger partial charge in [-0.2, -0.15) is 0 Å². The van der Waals surface area contributed by atoms with Crippen LogP contribution >= 0.6 is 11.6 Å². The largest absolute Gasteiger partial charge is 0.462 e. The first-order valence-electron chi connectivity index (χ1n) is 6.79. The van der Waals surface area contributed by atoms with Crippen LogP contribution in [0.25, 0.3) is 5.52 Å². The molecule has 5 nitrogen and oxygen atoms in total. The zero-order valence-electron chi connectivity index (χ0n) is 12.5. The summed E-state index contributed by atoms with van der Waals surface area (Å²) < 4.78 is 18.5. The molecule has 0 radical (unpaired) electrons. The Morgan fingerprint density at radius 2 is 2.09 bits per heavy atom. The van der Waals surface area contributed by atoms with Crippen LogP contribution in [0.3, 0.4) is 0 Å². The van der Waals surface area contributed by atoms with Crippen molar-refractivity contribution in [2.24, 2.45) is 0 Å². The molecule has 0 aliphatic heterocycles. The van der Waals surface area contributed by atoms with Crippen LogP contribution in [0, 0.1) is 0 Å². The quantitative estimate of drug-likeness (QED) is 0.801. The molecule has 2 aromatic heterocycles. The number of hydrogen-bond donors (Lipinski definition) is 0. The summed E-state index contributed by atoms with van der Waals surface area (Å²) in [5.41, 5.74) is 0.496. The number of hydrogen-bond acceptors (Lipinski definition) is 4. The summed E-state index contributed by atoms with van der Waals surface area (Å²) in [7, 11) is -1.51. The van der Waals surface area contributed by atoms with E-state index in [0.29, 0.717) is 22.5 Å². The maximum atomic E-state index is 12.6. The number of nitrogens with zero attached hydrogens (tertiary/aromatic N) is 1. The van der Waals surface area contributed by atoms with E-state index < -0.39 is 22.3 Å². The zero-order valence-corrected chi connectivity index (χ0v) is 14.1. The van der Waals surface area contributed by atoms with E-state index in [0.717, 1.165) is 0 Å². The molecule has 22 heavy (non-hydrogen) atoms. The first-order valence-corrected chi connectivity index (χ1v) is 8.73. The molecule has 0 aromatic carbocycles. The Hall–Kier alpha value is -1.66. The van der Waals surface area contributed by atoms with Gasteiger partial charge in [0.15, 0.2) is 0 Å². The predicted octanol–water partition coefficient (Wildman–Crippen LogP) is 2.43. The lowest BCUT2D eigenvalue weighted by atomic mass is 10.1. The first-order chi connectivity index (χ1) is 10.4. The summed E-state index contributed by atoms with van der Waals surface area (Å²) in [5, 5.41) is 0.464. The molecular formula is C15H16ClNO4S. The van der Waals surface area contributed by atoms with Gasteiger partial charge in [-0.15, -0.1) is 0 Å². The summed E-state index contributed by atoms with van der Waals surface area (Å²) in [6.07, 6.45) is 3.45.